The molecule has 202 valence electrons. The summed E-state index contributed by atoms with van der Waals surface area (Å²) in [6.45, 7) is 10.4. The summed E-state index contributed by atoms with van der Waals surface area (Å²) in [4.78, 5) is 42.1. The maximum atomic E-state index is 14.2. The van der Waals surface area contributed by atoms with Crippen LogP contribution in [0.2, 0.25) is 0 Å². The summed E-state index contributed by atoms with van der Waals surface area (Å²) in [5.41, 5.74) is 0.922. The van der Waals surface area contributed by atoms with Gasteiger partial charge in [0, 0.05) is 19.5 Å². The van der Waals surface area contributed by atoms with Gasteiger partial charge in [-0.1, -0.05) is 87.4 Å². The summed E-state index contributed by atoms with van der Waals surface area (Å²) >= 11 is 0. The molecular formula is C30H43N3O4. The molecule has 0 heterocycles. The second-order valence-corrected chi connectivity index (χ2v) is 10.2. The molecule has 0 aliphatic rings. The number of amides is 3. The Kier molecular flexibility index (Phi) is 12.1. The highest BCUT2D eigenvalue weighted by Gasteiger charge is 2.36. The first kappa shape index (κ1) is 29.9. The van der Waals surface area contributed by atoms with E-state index in [1.807, 2.05) is 67.6 Å². The van der Waals surface area contributed by atoms with E-state index in [9.17, 15) is 14.4 Å². The van der Waals surface area contributed by atoms with E-state index in [0.29, 0.717) is 13.1 Å². The van der Waals surface area contributed by atoms with Gasteiger partial charge >= 0.3 is 6.09 Å². The van der Waals surface area contributed by atoms with Crippen LogP contribution in [0.1, 0.15) is 77.5 Å². The van der Waals surface area contributed by atoms with E-state index in [2.05, 4.69) is 17.6 Å². The lowest BCUT2D eigenvalue weighted by molar-refractivity contribution is -0.142. The number of ether oxygens (including phenoxy) is 1. The van der Waals surface area contributed by atoms with Gasteiger partial charge in [-0.25, -0.2) is 4.79 Å². The predicted molar refractivity (Wildman–Crippen MR) is 147 cm³/mol. The fourth-order valence-electron chi connectivity index (χ4n) is 3.99. The molecule has 3 amide bonds. The number of hydrogen-bond donors (Lipinski definition) is 2. The van der Waals surface area contributed by atoms with Crippen LogP contribution in [0.3, 0.4) is 0 Å². The summed E-state index contributed by atoms with van der Waals surface area (Å²) in [7, 11) is 0. The van der Waals surface area contributed by atoms with Gasteiger partial charge in [-0.3, -0.25) is 9.59 Å². The van der Waals surface area contributed by atoms with E-state index in [0.717, 1.165) is 36.8 Å². The van der Waals surface area contributed by atoms with Crippen molar-refractivity contribution in [3.8, 4) is 0 Å². The van der Waals surface area contributed by atoms with Crippen LogP contribution in [-0.2, 0) is 20.7 Å². The standard InChI is InChI=1S/C30H43N3O4/c1-6-8-20-31-27(34)26(24-18-14-11-15-19-24)33(21-9-7-2)28(35)25(22-23-16-12-10-13-17-23)32-29(36)37-30(3,4)5/h10-19,25-26H,6-9,20-22H2,1-5H3,(H,31,34)(H,32,36). The lowest BCUT2D eigenvalue weighted by atomic mass is 10.00. The maximum Gasteiger partial charge on any atom is 0.408 e. The molecule has 37 heavy (non-hydrogen) atoms. The van der Waals surface area contributed by atoms with E-state index >= 15 is 0 Å². The molecule has 2 N–H and O–H groups in total. The Hall–Kier alpha value is -3.35. The number of carbonyl (C=O) groups excluding carboxylic acids is 3. The van der Waals surface area contributed by atoms with E-state index in [1.165, 1.54) is 0 Å². The molecule has 2 unspecified atom stereocenters. The summed E-state index contributed by atoms with van der Waals surface area (Å²) in [6, 6.07) is 17.2. The van der Waals surface area contributed by atoms with Crippen LogP contribution >= 0.6 is 0 Å². The third-order valence-corrected chi connectivity index (χ3v) is 5.81. The maximum absolute atomic E-state index is 14.2. The zero-order chi connectivity index (χ0) is 27.3. The van der Waals surface area contributed by atoms with E-state index < -0.39 is 23.8 Å². The Morgan fingerprint density at radius 2 is 1.49 bits per heavy atom. The Labute approximate surface area is 222 Å². The van der Waals surface area contributed by atoms with Crippen LogP contribution < -0.4 is 10.6 Å². The van der Waals surface area contributed by atoms with E-state index in [1.54, 1.807) is 25.7 Å². The fraction of sp³-hybridized carbons (Fsp3) is 0.500. The van der Waals surface area contributed by atoms with Crippen LogP contribution in [0.5, 0.6) is 0 Å². The van der Waals surface area contributed by atoms with Gasteiger partial charge in [-0.15, -0.1) is 0 Å². The molecule has 2 atom stereocenters. The van der Waals surface area contributed by atoms with Crippen molar-refractivity contribution < 1.29 is 19.1 Å². The van der Waals surface area contributed by atoms with Gasteiger partial charge in [0.15, 0.2) is 0 Å². The zero-order valence-corrected chi connectivity index (χ0v) is 23.0. The molecule has 0 saturated carbocycles. The summed E-state index contributed by atoms with van der Waals surface area (Å²) < 4.78 is 5.47. The topological polar surface area (TPSA) is 87.7 Å². The van der Waals surface area contributed by atoms with Gasteiger partial charge in [0.1, 0.15) is 17.7 Å². The number of carbonyl (C=O) groups is 3. The van der Waals surface area contributed by atoms with Gasteiger partial charge in [0.25, 0.3) is 0 Å². The van der Waals surface area contributed by atoms with Gasteiger partial charge < -0.3 is 20.3 Å². The van der Waals surface area contributed by atoms with Crippen molar-refractivity contribution in [1.82, 2.24) is 15.5 Å². The number of benzene rings is 2. The van der Waals surface area contributed by atoms with Crippen molar-refractivity contribution in [1.29, 1.82) is 0 Å². The Bertz CT molecular complexity index is 973. The van der Waals surface area contributed by atoms with Crippen LogP contribution in [0.25, 0.3) is 0 Å². The largest absolute Gasteiger partial charge is 0.444 e. The molecule has 7 heteroatoms. The molecule has 0 aliphatic carbocycles. The van der Waals surface area contributed by atoms with Crippen LogP contribution in [0.4, 0.5) is 4.79 Å². The number of rotatable bonds is 13. The SMILES string of the molecule is CCCCNC(=O)C(c1ccccc1)N(CCCC)C(=O)C(Cc1ccccc1)NC(=O)OC(C)(C)C. The fourth-order valence-corrected chi connectivity index (χ4v) is 3.99. The molecule has 0 radical (unpaired) electrons. The smallest absolute Gasteiger partial charge is 0.408 e. The molecule has 0 fully saturated rings. The number of alkyl carbamates (subject to hydrolysis) is 1. The first-order valence-corrected chi connectivity index (χ1v) is 13.3. The summed E-state index contributed by atoms with van der Waals surface area (Å²) in [5, 5.41) is 5.80. The Morgan fingerprint density at radius 1 is 0.892 bits per heavy atom. The summed E-state index contributed by atoms with van der Waals surface area (Å²) in [5.74, 6) is -0.539. The highest BCUT2D eigenvalue weighted by molar-refractivity contribution is 5.92. The minimum absolute atomic E-state index is 0.222. The monoisotopic (exact) mass is 509 g/mol. The minimum atomic E-state index is -0.899. The number of nitrogens with zero attached hydrogens (tertiary/aromatic N) is 1. The molecule has 7 nitrogen and oxygen atoms in total. The average molecular weight is 510 g/mol. The van der Waals surface area contributed by atoms with Crippen molar-refractivity contribution in [2.75, 3.05) is 13.1 Å². The van der Waals surface area contributed by atoms with Crippen molar-refractivity contribution in [3.05, 3.63) is 71.8 Å². The van der Waals surface area contributed by atoms with Crippen molar-refractivity contribution in [2.24, 2.45) is 0 Å². The molecule has 0 aromatic heterocycles. The molecule has 0 aliphatic heterocycles. The number of unbranched alkanes of at least 4 members (excludes halogenated alkanes) is 2. The van der Waals surface area contributed by atoms with Gasteiger partial charge in [-0.05, 0) is 44.7 Å². The van der Waals surface area contributed by atoms with Crippen LogP contribution in [0, 0.1) is 0 Å². The average Bonchev–Trinajstić information content (AvgIpc) is 2.86. The highest BCUT2D eigenvalue weighted by atomic mass is 16.6. The first-order valence-electron chi connectivity index (χ1n) is 13.3. The Morgan fingerprint density at radius 3 is 2.05 bits per heavy atom. The first-order chi connectivity index (χ1) is 17.7. The van der Waals surface area contributed by atoms with Crippen molar-refractivity contribution >= 4 is 17.9 Å². The third kappa shape index (κ3) is 10.3. The number of nitrogens with one attached hydrogen (secondary N) is 2. The van der Waals surface area contributed by atoms with Gasteiger partial charge in [-0.2, -0.15) is 0 Å². The van der Waals surface area contributed by atoms with E-state index in [-0.39, 0.29) is 18.2 Å². The second kappa shape index (κ2) is 15.0. The van der Waals surface area contributed by atoms with Crippen LogP contribution in [-0.4, -0.2) is 47.5 Å². The molecule has 2 aromatic carbocycles. The Balaban J connectivity index is 2.46. The molecule has 2 rings (SSSR count). The number of hydrogen-bond acceptors (Lipinski definition) is 4. The van der Waals surface area contributed by atoms with Crippen molar-refractivity contribution in [3.63, 3.8) is 0 Å². The minimum Gasteiger partial charge on any atom is -0.444 e. The highest BCUT2D eigenvalue weighted by Crippen LogP contribution is 2.24. The quantitative estimate of drug-likeness (QED) is 0.354. The summed E-state index contributed by atoms with van der Waals surface area (Å²) in [6.07, 6.45) is 3.00. The molecule has 2 aromatic rings. The molecule has 0 bridgehead atoms. The van der Waals surface area contributed by atoms with Crippen LogP contribution in [0.15, 0.2) is 60.7 Å². The molecule has 0 saturated heterocycles. The normalized spacial score (nSPS) is 12.8. The van der Waals surface area contributed by atoms with Crippen molar-refractivity contribution in [2.45, 2.75) is 84.4 Å². The molecular weight excluding hydrogens is 466 g/mol. The zero-order valence-electron chi connectivity index (χ0n) is 23.0. The lowest BCUT2D eigenvalue weighted by Gasteiger charge is -2.34. The van der Waals surface area contributed by atoms with Gasteiger partial charge in [0.05, 0.1) is 0 Å². The molecule has 0 spiro atoms. The second-order valence-electron chi connectivity index (χ2n) is 10.2. The lowest BCUT2D eigenvalue weighted by Crippen LogP contribution is -2.54. The van der Waals surface area contributed by atoms with Gasteiger partial charge in [0.2, 0.25) is 11.8 Å². The predicted octanol–water partition coefficient (Wildman–Crippen LogP) is 5.41. The van der Waals surface area contributed by atoms with E-state index in [4.69, 9.17) is 4.74 Å². The third-order valence-electron chi connectivity index (χ3n) is 5.81.